The first-order valence-corrected chi connectivity index (χ1v) is 11.6. The van der Waals surface area contributed by atoms with E-state index in [2.05, 4.69) is 22.8 Å². The van der Waals surface area contributed by atoms with Gasteiger partial charge in [0.2, 0.25) is 5.91 Å². The largest absolute Gasteiger partial charge is 0.480 e. The van der Waals surface area contributed by atoms with E-state index in [0.29, 0.717) is 6.42 Å². The summed E-state index contributed by atoms with van der Waals surface area (Å²) < 4.78 is 5.59. The Hall–Kier alpha value is -3.35. The fraction of sp³-hybridized carbons (Fsp3) is 0.444. The van der Waals surface area contributed by atoms with E-state index in [9.17, 15) is 19.5 Å². The normalized spacial score (nSPS) is 14.6. The van der Waals surface area contributed by atoms with Gasteiger partial charge in [0, 0.05) is 5.92 Å². The van der Waals surface area contributed by atoms with Crippen molar-refractivity contribution < 1.29 is 24.2 Å². The summed E-state index contributed by atoms with van der Waals surface area (Å²) >= 11 is 0. The van der Waals surface area contributed by atoms with Gasteiger partial charge in [-0.05, 0) is 40.0 Å². The Morgan fingerprint density at radius 1 is 0.941 bits per heavy atom. The van der Waals surface area contributed by atoms with Crippen molar-refractivity contribution in [3.05, 3.63) is 59.7 Å². The monoisotopic (exact) mass is 466 g/mol. The molecule has 182 valence electrons. The molecule has 34 heavy (non-hydrogen) atoms. The van der Waals surface area contributed by atoms with Crippen LogP contribution in [0.15, 0.2) is 48.5 Å². The predicted molar refractivity (Wildman–Crippen MR) is 130 cm³/mol. The summed E-state index contributed by atoms with van der Waals surface area (Å²) in [5, 5.41) is 14.7. The molecule has 3 rings (SSSR count). The SMILES string of the molecule is CC(C)CC(NC(=O)[C@H](NC(=O)OCC1c2ccccc2-c2ccccc21)C(C)(C)C)C(=O)O. The van der Waals surface area contributed by atoms with Crippen molar-refractivity contribution >= 4 is 18.0 Å². The molecule has 3 N–H and O–H groups in total. The van der Waals surface area contributed by atoms with Gasteiger partial charge in [-0.15, -0.1) is 0 Å². The van der Waals surface area contributed by atoms with Crippen molar-refractivity contribution in [1.82, 2.24) is 10.6 Å². The van der Waals surface area contributed by atoms with Gasteiger partial charge in [0.15, 0.2) is 0 Å². The van der Waals surface area contributed by atoms with E-state index in [-0.39, 0.29) is 18.4 Å². The van der Waals surface area contributed by atoms with Crippen molar-refractivity contribution in [1.29, 1.82) is 0 Å². The minimum Gasteiger partial charge on any atom is -0.480 e. The highest BCUT2D eigenvalue weighted by Gasteiger charge is 2.36. The van der Waals surface area contributed by atoms with Crippen LogP contribution in [-0.2, 0) is 14.3 Å². The number of hydrogen-bond donors (Lipinski definition) is 3. The van der Waals surface area contributed by atoms with E-state index in [1.807, 2.05) is 50.2 Å². The quantitative estimate of drug-likeness (QED) is 0.529. The predicted octanol–water partition coefficient (Wildman–Crippen LogP) is 4.56. The van der Waals surface area contributed by atoms with E-state index >= 15 is 0 Å². The van der Waals surface area contributed by atoms with Gasteiger partial charge in [0.25, 0.3) is 0 Å². The maximum Gasteiger partial charge on any atom is 0.407 e. The Balaban J connectivity index is 1.69. The molecular weight excluding hydrogens is 432 g/mol. The Kier molecular flexibility index (Phi) is 7.64. The molecule has 2 aromatic carbocycles. The van der Waals surface area contributed by atoms with Crippen LogP contribution in [0.25, 0.3) is 11.1 Å². The lowest BCUT2D eigenvalue weighted by Crippen LogP contribution is -2.56. The highest BCUT2D eigenvalue weighted by atomic mass is 16.5. The Bertz CT molecular complexity index is 1010. The zero-order valence-electron chi connectivity index (χ0n) is 20.4. The van der Waals surface area contributed by atoms with Crippen molar-refractivity contribution in [3.63, 3.8) is 0 Å². The van der Waals surface area contributed by atoms with Gasteiger partial charge in [-0.3, -0.25) is 4.79 Å². The third-order valence-corrected chi connectivity index (χ3v) is 6.06. The second-order valence-corrected chi connectivity index (χ2v) is 10.3. The number of alkyl carbamates (subject to hydrolysis) is 1. The van der Waals surface area contributed by atoms with Crippen molar-refractivity contribution in [3.8, 4) is 11.1 Å². The molecule has 0 saturated heterocycles. The number of aliphatic carboxylic acids is 1. The number of ether oxygens (including phenoxy) is 1. The van der Waals surface area contributed by atoms with Crippen LogP contribution in [-0.4, -0.2) is 41.8 Å². The lowest BCUT2D eigenvalue weighted by molar-refractivity contribution is -0.143. The fourth-order valence-electron chi connectivity index (χ4n) is 4.38. The average molecular weight is 467 g/mol. The van der Waals surface area contributed by atoms with Crippen molar-refractivity contribution in [2.75, 3.05) is 6.61 Å². The Labute approximate surface area is 200 Å². The van der Waals surface area contributed by atoms with Gasteiger partial charge >= 0.3 is 12.1 Å². The first kappa shape index (κ1) is 25.3. The molecule has 0 saturated carbocycles. The van der Waals surface area contributed by atoms with Crippen LogP contribution in [0.5, 0.6) is 0 Å². The third kappa shape index (κ3) is 5.76. The molecule has 1 aliphatic rings. The minimum atomic E-state index is -1.10. The molecule has 1 aliphatic carbocycles. The number of carboxylic acids is 1. The van der Waals surface area contributed by atoms with Crippen LogP contribution >= 0.6 is 0 Å². The molecule has 0 aromatic heterocycles. The van der Waals surface area contributed by atoms with Crippen LogP contribution in [0, 0.1) is 11.3 Å². The van der Waals surface area contributed by atoms with Crippen LogP contribution in [0.1, 0.15) is 58.1 Å². The van der Waals surface area contributed by atoms with E-state index in [0.717, 1.165) is 22.3 Å². The Morgan fingerprint density at radius 2 is 1.47 bits per heavy atom. The summed E-state index contributed by atoms with van der Waals surface area (Å²) in [5.41, 5.74) is 3.79. The number of carbonyl (C=O) groups excluding carboxylic acids is 2. The average Bonchev–Trinajstić information content (AvgIpc) is 3.08. The molecule has 0 heterocycles. The van der Waals surface area contributed by atoms with Gasteiger partial charge in [0.05, 0.1) is 0 Å². The molecule has 0 aliphatic heterocycles. The number of carbonyl (C=O) groups is 3. The molecular formula is C27H34N2O5. The number of hydrogen-bond acceptors (Lipinski definition) is 4. The molecule has 0 spiro atoms. The molecule has 0 radical (unpaired) electrons. The standard InChI is InChI=1S/C27H34N2O5/c1-16(2)14-22(25(31)32)28-24(30)23(27(3,4)5)29-26(33)34-15-21-19-12-8-6-10-17(19)18-11-7-9-13-20(18)21/h6-13,16,21-23H,14-15H2,1-5H3,(H,28,30)(H,29,33)(H,31,32)/t22?,23-/m0/s1. The Morgan fingerprint density at radius 3 is 1.94 bits per heavy atom. The lowest BCUT2D eigenvalue weighted by atomic mass is 9.86. The van der Waals surface area contributed by atoms with E-state index in [1.54, 1.807) is 20.8 Å². The van der Waals surface area contributed by atoms with Crippen LogP contribution in [0.3, 0.4) is 0 Å². The molecule has 2 aromatic rings. The highest BCUT2D eigenvalue weighted by molar-refractivity contribution is 5.90. The first-order chi connectivity index (χ1) is 16.0. The number of nitrogens with one attached hydrogen (secondary N) is 2. The van der Waals surface area contributed by atoms with Crippen LogP contribution in [0.4, 0.5) is 4.79 Å². The summed E-state index contributed by atoms with van der Waals surface area (Å²) in [7, 11) is 0. The second-order valence-electron chi connectivity index (χ2n) is 10.3. The number of carboxylic acid groups (broad SMARTS) is 1. The molecule has 0 bridgehead atoms. The fourth-order valence-corrected chi connectivity index (χ4v) is 4.38. The smallest absolute Gasteiger partial charge is 0.407 e. The van der Waals surface area contributed by atoms with Crippen LogP contribution < -0.4 is 10.6 Å². The summed E-state index contributed by atoms with van der Waals surface area (Å²) in [6.07, 6.45) is -0.421. The van der Waals surface area contributed by atoms with Gasteiger partial charge in [-0.1, -0.05) is 83.1 Å². The highest BCUT2D eigenvalue weighted by Crippen LogP contribution is 2.44. The molecule has 0 fully saturated rings. The molecule has 7 nitrogen and oxygen atoms in total. The molecule has 1 unspecified atom stereocenters. The molecule has 7 heteroatoms. The summed E-state index contributed by atoms with van der Waals surface area (Å²) in [6.45, 7) is 9.32. The zero-order chi connectivity index (χ0) is 25.0. The molecule has 2 atom stereocenters. The topological polar surface area (TPSA) is 105 Å². The van der Waals surface area contributed by atoms with Gasteiger partial charge in [-0.25, -0.2) is 9.59 Å². The number of amides is 2. The zero-order valence-corrected chi connectivity index (χ0v) is 20.4. The van der Waals surface area contributed by atoms with E-state index in [1.165, 1.54) is 0 Å². The van der Waals surface area contributed by atoms with Crippen molar-refractivity contribution in [2.45, 2.75) is 59.0 Å². The number of rotatable bonds is 8. The van der Waals surface area contributed by atoms with Crippen molar-refractivity contribution in [2.24, 2.45) is 11.3 Å². The summed E-state index contributed by atoms with van der Waals surface area (Å²) in [6, 6.07) is 14.1. The molecule has 2 amide bonds. The van der Waals surface area contributed by atoms with Gasteiger partial charge < -0.3 is 20.5 Å². The minimum absolute atomic E-state index is 0.0876. The first-order valence-electron chi connectivity index (χ1n) is 11.6. The number of benzene rings is 2. The maximum atomic E-state index is 13.0. The lowest BCUT2D eigenvalue weighted by Gasteiger charge is -2.31. The van der Waals surface area contributed by atoms with Gasteiger partial charge in [-0.2, -0.15) is 0 Å². The second kappa shape index (κ2) is 10.3. The van der Waals surface area contributed by atoms with E-state index < -0.39 is 35.5 Å². The van der Waals surface area contributed by atoms with Gasteiger partial charge in [0.1, 0.15) is 18.7 Å². The number of fused-ring (bicyclic) bond motifs is 3. The van der Waals surface area contributed by atoms with E-state index in [4.69, 9.17) is 4.74 Å². The summed E-state index contributed by atoms with van der Waals surface area (Å²) in [4.78, 5) is 37.3. The van der Waals surface area contributed by atoms with Crippen LogP contribution in [0.2, 0.25) is 0 Å². The third-order valence-electron chi connectivity index (χ3n) is 6.06. The maximum absolute atomic E-state index is 13.0. The summed E-state index contributed by atoms with van der Waals surface area (Å²) in [5.74, 6) is -1.66.